The number of benzene rings is 1. The number of carbonyl (C=O) groups excluding carboxylic acids is 2. The topological polar surface area (TPSA) is 75.4 Å². The Morgan fingerprint density at radius 1 is 1.27 bits per heavy atom. The molecule has 26 heavy (non-hydrogen) atoms. The van der Waals surface area contributed by atoms with E-state index < -0.39 is 17.6 Å². The molecule has 2 rings (SSSR count). The lowest BCUT2D eigenvalue weighted by molar-refractivity contribution is -0.138. The lowest BCUT2D eigenvalue weighted by Gasteiger charge is -2.24. The zero-order valence-corrected chi connectivity index (χ0v) is 15.2. The molecular formula is C17H23ClF3N3O2. The molecule has 0 aromatic heterocycles. The van der Waals surface area contributed by atoms with Crippen molar-refractivity contribution >= 4 is 29.9 Å². The van der Waals surface area contributed by atoms with E-state index in [-0.39, 0.29) is 42.5 Å². The van der Waals surface area contributed by atoms with Gasteiger partial charge in [0.25, 0.3) is 0 Å². The minimum atomic E-state index is -4.57. The van der Waals surface area contributed by atoms with E-state index in [0.717, 1.165) is 12.5 Å². The van der Waals surface area contributed by atoms with Gasteiger partial charge in [0.1, 0.15) is 0 Å². The van der Waals surface area contributed by atoms with Crippen molar-refractivity contribution in [1.82, 2.24) is 4.90 Å². The van der Waals surface area contributed by atoms with Crippen LogP contribution in [0, 0.1) is 5.92 Å². The summed E-state index contributed by atoms with van der Waals surface area (Å²) < 4.78 is 38.9. The number of likely N-dealkylation sites (N-methyl/N-ethyl adjacent to an activating group) is 1. The Morgan fingerprint density at radius 2 is 1.92 bits per heavy atom. The molecule has 1 saturated carbocycles. The van der Waals surface area contributed by atoms with E-state index in [1.165, 1.54) is 23.1 Å². The minimum absolute atomic E-state index is 0. The molecule has 2 atom stereocenters. The predicted molar refractivity (Wildman–Crippen MR) is 94.9 cm³/mol. The van der Waals surface area contributed by atoms with Crippen molar-refractivity contribution < 1.29 is 22.8 Å². The highest BCUT2D eigenvalue weighted by Gasteiger charge is 2.34. The number of amides is 2. The first kappa shape index (κ1) is 22.2. The first-order valence-corrected chi connectivity index (χ1v) is 8.22. The number of para-hydroxylation sites is 1. The van der Waals surface area contributed by atoms with E-state index in [4.69, 9.17) is 5.73 Å². The maximum Gasteiger partial charge on any atom is 0.418 e. The smallest absolute Gasteiger partial charge is 0.333 e. The average Bonchev–Trinajstić information content (AvgIpc) is 2.98. The van der Waals surface area contributed by atoms with Crippen LogP contribution in [0.1, 0.15) is 31.7 Å². The molecule has 2 unspecified atom stereocenters. The number of nitrogens with zero attached hydrogens (tertiary/aromatic N) is 1. The normalized spacial score (nSPS) is 19.6. The van der Waals surface area contributed by atoms with Crippen molar-refractivity contribution in [1.29, 1.82) is 0 Å². The van der Waals surface area contributed by atoms with Crippen molar-refractivity contribution in [2.75, 3.05) is 18.4 Å². The monoisotopic (exact) mass is 393 g/mol. The Labute approximate surface area is 156 Å². The van der Waals surface area contributed by atoms with Gasteiger partial charge in [-0.2, -0.15) is 13.2 Å². The summed E-state index contributed by atoms with van der Waals surface area (Å²) in [5.41, 5.74) is 4.58. The first-order chi connectivity index (χ1) is 11.7. The molecule has 1 aliphatic rings. The van der Waals surface area contributed by atoms with Crippen molar-refractivity contribution in [2.24, 2.45) is 11.7 Å². The molecule has 146 valence electrons. The second kappa shape index (κ2) is 9.23. The van der Waals surface area contributed by atoms with Crippen molar-refractivity contribution in [3.8, 4) is 0 Å². The molecule has 5 nitrogen and oxygen atoms in total. The van der Waals surface area contributed by atoms with Crippen LogP contribution >= 0.6 is 12.4 Å². The lowest BCUT2D eigenvalue weighted by atomic mass is 10.1. The zero-order valence-electron chi connectivity index (χ0n) is 14.4. The van der Waals surface area contributed by atoms with E-state index in [0.29, 0.717) is 19.4 Å². The Bertz CT molecular complexity index is 640. The number of anilines is 1. The molecule has 0 heterocycles. The van der Waals surface area contributed by atoms with Crippen molar-refractivity contribution in [3.05, 3.63) is 29.8 Å². The summed E-state index contributed by atoms with van der Waals surface area (Å²) in [6.45, 7) is 1.75. The molecule has 1 aliphatic carbocycles. The number of nitrogens with two attached hydrogens (primary N) is 1. The fourth-order valence-corrected chi connectivity index (χ4v) is 3.05. The first-order valence-electron chi connectivity index (χ1n) is 8.22. The number of alkyl halides is 3. The van der Waals surface area contributed by atoms with E-state index in [1.807, 2.05) is 0 Å². The van der Waals surface area contributed by atoms with Gasteiger partial charge in [-0.3, -0.25) is 9.59 Å². The molecule has 1 fully saturated rings. The van der Waals surface area contributed by atoms with Crippen LogP contribution in [0.5, 0.6) is 0 Å². The Balaban J connectivity index is 0.00000338. The summed E-state index contributed by atoms with van der Waals surface area (Å²) in [7, 11) is 0. The van der Waals surface area contributed by atoms with E-state index in [2.05, 4.69) is 5.32 Å². The SMILES string of the molecule is CCN(CC(=O)Nc1ccccc1C(F)(F)F)C(=O)C1CCC(N)C1.Cl. The Morgan fingerprint density at radius 3 is 2.46 bits per heavy atom. The highest BCUT2D eigenvalue weighted by atomic mass is 35.5. The van der Waals surface area contributed by atoms with Gasteiger partial charge in [-0.05, 0) is 38.3 Å². The van der Waals surface area contributed by atoms with Crippen LogP contribution in [0.4, 0.5) is 18.9 Å². The third-order valence-corrected chi connectivity index (χ3v) is 4.36. The van der Waals surface area contributed by atoms with Crippen molar-refractivity contribution in [3.63, 3.8) is 0 Å². The molecule has 9 heteroatoms. The van der Waals surface area contributed by atoms with Gasteiger partial charge in [0.2, 0.25) is 11.8 Å². The van der Waals surface area contributed by atoms with Gasteiger partial charge in [-0.25, -0.2) is 0 Å². The molecule has 0 saturated heterocycles. The lowest BCUT2D eigenvalue weighted by Crippen LogP contribution is -2.41. The van der Waals surface area contributed by atoms with Crippen LogP contribution in [0.2, 0.25) is 0 Å². The number of hydrogen-bond donors (Lipinski definition) is 2. The van der Waals surface area contributed by atoms with Gasteiger partial charge >= 0.3 is 6.18 Å². The van der Waals surface area contributed by atoms with Crippen LogP contribution in [-0.4, -0.2) is 35.8 Å². The fraction of sp³-hybridized carbons (Fsp3) is 0.529. The highest BCUT2D eigenvalue weighted by molar-refractivity contribution is 5.95. The molecule has 0 spiro atoms. The summed E-state index contributed by atoms with van der Waals surface area (Å²) in [4.78, 5) is 25.9. The summed E-state index contributed by atoms with van der Waals surface area (Å²) in [6, 6.07) is 4.74. The number of rotatable bonds is 5. The number of hydrogen-bond acceptors (Lipinski definition) is 3. The molecule has 3 N–H and O–H groups in total. The Kier molecular flexibility index (Phi) is 7.89. The van der Waals surface area contributed by atoms with Gasteiger partial charge in [0.05, 0.1) is 17.8 Å². The number of nitrogens with one attached hydrogen (secondary N) is 1. The van der Waals surface area contributed by atoms with Gasteiger partial charge in [-0.15, -0.1) is 12.4 Å². The van der Waals surface area contributed by atoms with Gasteiger partial charge in [0.15, 0.2) is 0 Å². The molecule has 1 aromatic carbocycles. The minimum Gasteiger partial charge on any atom is -0.333 e. The third-order valence-electron chi connectivity index (χ3n) is 4.36. The zero-order chi connectivity index (χ0) is 18.6. The molecule has 1 aromatic rings. The maximum atomic E-state index is 13.0. The number of halogens is 4. The number of carbonyl (C=O) groups is 2. The van der Waals surface area contributed by atoms with Crippen LogP contribution in [-0.2, 0) is 15.8 Å². The second-order valence-corrected chi connectivity index (χ2v) is 6.21. The van der Waals surface area contributed by atoms with Crippen LogP contribution in [0.25, 0.3) is 0 Å². The fourth-order valence-electron chi connectivity index (χ4n) is 3.05. The van der Waals surface area contributed by atoms with E-state index >= 15 is 0 Å². The molecular weight excluding hydrogens is 371 g/mol. The van der Waals surface area contributed by atoms with Crippen molar-refractivity contribution in [2.45, 2.75) is 38.4 Å². The van der Waals surface area contributed by atoms with Gasteiger partial charge in [0, 0.05) is 18.5 Å². The average molecular weight is 394 g/mol. The standard InChI is InChI=1S/C17H22F3N3O2.ClH/c1-2-23(16(25)11-7-8-12(21)9-11)10-15(24)22-14-6-4-3-5-13(14)17(18,19)20;/h3-6,11-12H,2,7-10,21H2,1H3,(H,22,24);1H. The highest BCUT2D eigenvalue weighted by Crippen LogP contribution is 2.34. The van der Waals surface area contributed by atoms with E-state index in [1.54, 1.807) is 6.92 Å². The second-order valence-electron chi connectivity index (χ2n) is 6.21. The predicted octanol–water partition coefficient (Wildman–Crippen LogP) is 3.04. The van der Waals surface area contributed by atoms with Crippen LogP contribution < -0.4 is 11.1 Å². The largest absolute Gasteiger partial charge is 0.418 e. The molecule has 0 radical (unpaired) electrons. The molecule has 0 bridgehead atoms. The van der Waals surface area contributed by atoms with Gasteiger partial charge in [-0.1, -0.05) is 12.1 Å². The summed E-state index contributed by atoms with van der Waals surface area (Å²) >= 11 is 0. The van der Waals surface area contributed by atoms with Crippen LogP contribution in [0.15, 0.2) is 24.3 Å². The van der Waals surface area contributed by atoms with Crippen LogP contribution in [0.3, 0.4) is 0 Å². The Hall–Kier alpha value is -1.80. The quantitative estimate of drug-likeness (QED) is 0.807. The van der Waals surface area contributed by atoms with Gasteiger partial charge < -0.3 is 16.0 Å². The molecule has 2 amide bonds. The summed E-state index contributed by atoms with van der Waals surface area (Å²) in [6.07, 6.45) is -2.55. The maximum absolute atomic E-state index is 13.0. The third kappa shape index (κ3) is 5.60. The summed E-state index contributed by atoms with van der Waals surface area (Å²) in [5.74, 6) is -1.05. The summed E-state index contributed by atoms with van der Waals surface area (Å²) in [5, 5.41) is 2.26. The molecule has 0 aliphatic heterocycles. The van der Waals surface area contributed by atoms with E-state index in [9.17, 15) is 22.8 Å².